The molecular formula is C18H31BrO. The topological polar surface area (TPSA) is 9.23 Å². The molecule has 4 atom stereocenters. The van der Waals surface area contributed by atoms with Crippen LogP contribution < -0.4 is 0 Å². The highest BCUT2D eigenvalue weighted by Gasteiger charge is 2.49. The van der Waals surface area contributed by atoms with E-state index >= 15 is 0 Å². The molecule has 2 aliphatic carbocycles. The molecule has 3 rings (SSSR count). The van der Waals surface area contributed by atoms with Crippen molar-refractivity contribution in [1.82, 2.24) is 0 Å². The van der Waals surface area contributed by atoms with Gasteiger partial charge < -0.3 is 4.74 Å². The molecule has 0 aromatic rings. The molecule has 116 valence electrons. The van der Waals surface area contributed by atoms with Gasteiger partial charge in [-0.15, -0.1) is 0 Å². The molecule has 1 spiro atoms. The zero-order valence-electron chi connectivity index (χ0n) is 13.5. The van der Waals surface area contributed by atoms with Gasteiger partial charge in [-0.3, -0.25) is 0 Å². The van der Waals surface area contributed by atoms with E-state index in [0.29, 0.717) is 11.0 Å². The maximum atomic E-state index is 6.15. The van der Waals surface area contributed by atoms with E-state index in [2.05, 4.69) is 36.7 Å². The van der Waals surface area contributed by atoms with Crippen molar-refractivity contribution < 1.29 is 4.74 Å². The van der Waals surface area contributed by atoms with E-state index in [9.17, 15) is 0 Å². The number of hydrogen-bond donors (Lipinski definition) is 0. The minimum absolute atomic E-state index is 0.296. The molecule has 0 radical (unpaired) electrons. The zero-order valence-corrected chi connectivity index (χ0v) is 15.0. The van der Waals surface area contributed by atoms with Gasteiger partial charge in [0.2, 0.25) is 0 Å². The summed E-state index contributed by atoms with van der Waals surface area (Å²) in [6, 6.07) is 0. The van der Waals surface area contributed by atoms with Gasteiger partial charge in [0.15, 0.2) is 0 Å². The Morgan fingerprint density at radius 1 is 1.15 bits per heavy atom. The van der Waals surface area contributed by atoms with Crippen LogP contribution in [0.4, 0.5) is 0 Å². The van der Waals surface area contributed by atoms with Crippen molar-refractivity contribution in [1.29, 1.82) is 0 Å². The highest BCUT2D eigenvalue weighted by Crippen LogP contribution is 2.54. The minimum Gasteiger partial charge on any atom is -0.375 e. The molecule has 3 fully saturated rings. The predicted octanol–water partition coefficient (Wildman–Crippen LogP) is 5.56. The fourth-order valence-electron chi connectivity index (χ4n) is 5.03. The van der Waals surface area contributed by atoms with Crippen molar-refractivity contribution in [3.63, 3.8) is 0 Å². The Morgan fingerprint density at radius 3 is 2.50 bits per heavy atom. The third-order valence-electron chi connectivity index (χ3n) is 6.80. The Morgan fingerprint density at radius 2 is 1.90 bits per heavy atom. The molecule has 0 amide bonds. The van der Waals surface area contributed by atoms with Gasteiger partial charge in [-0.25, -0.2) is 0 Å². The molecule has 20 heavy (non-hydrogen) atoms. The van der Waals surface area contributed by atoms with Crippen LogP contribution in [0.1, 0.15) is 72.1 Å². The molecule has 2 saturated carbocycles. The van der Waals surface area contributed by atoms with E-state index < -0.39 is 0 Å². The molecule has 3 aliphatic rings. The lowest BCUT2D eigenvalue weighted by molar-refractivity contribution is -0.163. The molecule has 0 N–H and O–H groups in total. The first kappa shape index (κ1) is 15.3. The lowest BCUT2D eigenvalue weighted by Gasteiger charge is -2.54. The van der Waals surface area contributed by atoms with E-state index in [1.807, 2.05) is 0 Å². The Labute approximate surface area is 133 Å². The number of halogens is 1. The Balaban J connectivity index is 1.70. The van der Waals surface area contributed by atoms with Gasteiger partial charge in [-0.1, -0.05) is 43.1 Å². The normalized spacial score (nSPS) is 41.4. The van der Waals surface area contributed by atoms with Gasteiger partial charge in [-0.2, -0.15) is 0 Å². The number of rotatable bonds is 2. The van der Waals surface area contributed by atoms with Gasteiger partial charge in [0.25, 0.3) is 0 Å². The van der Waals surface area contributed by atoms with Gasteiger partial charge in [-0.05, 0) is 68.1 Å². The van der Waals surface area contributed by atoms with Crippen LogP contribution in [0, 0.1) is 23.2 Å². The molecule has 1 saturated heterocycles. The zero-order chi connectivity index (χ0) is 14.4. The van der Waals surface area contributed by atoms with Crippen molar-refractivity contribution in [3.05, 3.63) is 0 Å². The highest BCUT2D eigenvalue weighted by molar-refractivity contribution is 9.09. The van der Waals surface area contributed by atoms with Gasteiger partial charge >= 0.3 is 0 Å². The summed E-state index contributed by atoms with van der Waals surface area (Å²) in [5, 5.41) is 0. The van der Waals surface area contributed by atoms with Crippen LogP contribution in [0.25, 0.3) is 0 Å². The fraction of sp³-hybridized carbons (Fsp3) is 1.00. The average molecular weight is 343 g/mol. The summed E-state index contributed by atoms with van der Waals surface area (Å²) < 4.78 is 6.15. The summed E-state index contributed by atoms with van der Waals surface area (Å²) in [5.74, 6) is 2.60. The molecule has 2 heteroatoms. The van der Waals surface area contributed by atoms with Crippen molar-refractivity contribution in [3.8, 4) is 0 Å². The van der Waals surface area contributed by atoms with Gasteiger partial charge in [0, 0.05) is 11.4 Å². The third kappa shape index (κ3) is 2.72. The summed E-state index contributed by atoms with van der Waals surface area (Å²) in [5.41, 5.74) is 0.755. The summed E-state index contributed by atoms with van der Waals surface area (Å²) >= 11 is 4.03. The SMILES string of the molecule is CC1CCC(C(C)(C)C2CCOC3(CCC3)C2)C(Br)C1. The van der Waals surface area contributed by atoms with Crippen LogP contribution in [0.5, 0.6) is 0 Å². The number of ether oxygens (including phenoxy) is 1. The molecular weight excluding hydrogens is 312 g/mol. The number of hydrogen-bond acceptors (Lipinski definition) is 1. The average Bonchev–Trinajstić information content (AvgIpc) is 2.36. The monoisotopic (exact) mass is 342 g/mol. The van der Waals surface area contributed by atoms with Crippen LogP contribution >= 0.6 is 15.9 Å². The second-order valence-electron chi connectivity index (χ2n) is 8.44. The Bertz CT molecular complexity index is 347. The molecule has 0 bridgehead atoms. The maximum Gasteiger partial charge on any atom is 0.0685 e. The Hall–Kier alpha value is 0.440. The van der Waals surface area contributed by atoms with Crippen LogP contribution in [-0.2, 0) is 4.74 Å². The van der Waals surface area contributed by atoms with E-state index in [-0.39, 0.29) is 0 Å². The molecule has 4 unspecified atom stereocenters. The fourth-order valence-corrected chi connectivity index (χ4v) is 6.62. The van der Waals surface area contributed by atoms with Gasteiger partial charge in [0.05, 0.1) is 5.60 Å². The van der Waals surface area contributed by atoms with Crippen molar-refractivity contribution >= 4 is 15.9 Å². The van der Waals surface area contributed by atoms with Gasteiger partial charge in [0.1, 0.15) is 0 Å². The number of alkyl halides is 1. The summed E-state index contributed by atoms with van der Waals surface area (Å²) in [4.78, 5) is 0.724. The van der Waals surface area contributed by atoms with E-state index in [0.717, 1.165) is 29.2 Å². The van der Waals surface area contributed by atoms with Crippen molar-refractivity contribution in [2.45, 2.75) is 82.6 Å². The molecule has 1 nitrogen and oxygen atoms in total. The third-order valence-corrected chi connectivity index (χ3v) is 7.81. The summed E-state index contributed by atoms with van der Waals surface area (Å²) in [6.45, 7) is 8.51. The first-order valence-electron chi connectivity index (χ1n) is 8.71. The van der Waals surface area contributed by atoms with E-state index in [1.165, 1.54) is 51.4 Å². The Kier molecular flexibility index (Phi) is 4.27. The van der Waals surface area contributed by atoms with Crippen LogP contribution in [0.2, 0.25) is 0 Å². The van der Waals surface area contributed by atoms with Crippen LogP contribution in [-0.4, -0.2) is 17.0 Å². The summed E-state index contributed by atoms with van der Waals surface area (Å²) in [6.07, 6.45) is 10.8. The molecule has 0 aromatic carbocycles. The molecule has 1 heterocycles. The summed E-state index contributed by atoms with van der Waals surface area (Å²) in [7, 11) is 0. The van der Waals surface area contributed by atoms with Crippen LogP contribution in [0.15, 0.2) is 0 Å². The van der Waals surface area contributed by atoms with E-state index in [4.69, 9.17) is 4.74 Å². The predicted molar refractivity (Wildman–Crippen MR) is 88.3 cm³/mol. The van der Waals surface area contributed by atoms with E-state index in [1.54, 1.807) is 0 Å². The van der Waals surface area contributed by atoms with Crippen molar-refractivity contribution in [2.24, 2.45) is 23.2 Å². The lowest BCUT2D eigenvalue weighted by atomic mass is 9.58. The second-order valence-corrected chi connectivity index (χ2v) is 9.61. The minimum atomic E-state index is 0.296. The maximum absolute atomic E-state index is 6.15. The molecule has 1 aliphatic heterocycles. The second kappa shape index (κ2) is 5.57. The lowest BCUT2D eigenvalue weighted by Crippen LogP contribution is -2.51. The standard InChI is InChI=1S/C18H31BrO/c1-13-5-6-15(16(19)11-13)17(2,3)14-7-10-20-18(12-14)8-4-9-18/h13-16H,4-12H2,1-3H3. The smallest absolute Gasteiger partial charge is 0.0685 e. The van der Waals surface area contributed by atoms with Crippen LogP contribution in [0.3, 0.4) is 0 Å². The highest BCUT2D eigenvalue weighted by atomic mass is 79.9. The van der Waals surface area contributed by atoms with Crippen molar-refractivity contribution in [2.75, 3.05) is 6.61 Å². The largest absolute Gasteiger partial charge is 0.375 e. The first-order chi connectivity index (χ1) is 9.43. The quantitative estimate of drug-likeness (QED) is 0.596. The first-order valence-corrected chi connectivity index (χ1v) is 9.62. The molecule has 0 aromatic heterocycles.